The van der Waals surface area contributed by atoms with E-state index in [0.717, 1.165) is 41.8 Å². The number of morpholine rings is 1. The van der Waals surface area contributed by atoms with Crippen molar-refractivity contribution in [1.29, 1.82) is 0 Å². The number of nitrogens with zero attached hydrogens (tertiary/aromatic N) is 2. The van der Waals surface area contributed by atoms with Crippen LogP contribution >= 0.6 is 15.9 Å². The van der Waals surface area contributed by atoms with E-state index >= 15 is 0 Å². The van der Waals surface area contributed by atoms with E-state index in [0.29, 0.717) is 23.9 Å². The number of aromatic amines is 1. The molecule has 2 aromatic heterocycles. The summed E-state index contributed by atoms with van der Waals surface area (Å²) in [4.78, 5) is 16.8. The molecule has 1 aliphatic heterocycles. The van der Waals surface area contributed by atoms with Crippen LogP contribution in [0.2, 0.25) is 0 Å². The second kappa shape index (κ2) is 6.62. The molecular weight excluding hydrogens is 374 g/mol. The first-order chi connectivity index (χ1) is 11.7. The molecule has 0 aromatic carbocycles. The van der Waals surface area contributed by atoms with E-state index in [2.05, 4.69) is 41.7 Å². The van der Waals surface area contributed by atoms with Gasteiger partial charge in [-0.05, 0) is 40.9 Å². The number of H-pyrrole nitrogens is 1. The smallest absolute Gasteiger partial charge is 0.277 e. The van der Waals surface area contributed by atoms with Crippen molar-refractivity contribution in [2.45, 2.75) is 24.9 Å². The molecule has 0 unspecified atom stereocenters. The van der Waals surface area contributed by atoms with Crippen LogP contribution in [-0.2, 0) is 4.74 Å². The maximum Gasteiger partial charge on any atom is 0.277 e. The molecule has 0 spiro atoms. The van der Waals surface area contributed by atoms with E-state index in [9.17, 15) is 4.79 Å². The fraction of sp³-hybridized carbons (Fsp3) is 0.438. The highest BCUT2D eigenvalue weighted by molar-refractivity contribution is 9.10. The summed E-state index contributed by atoms with van der Waals surface area (Å²) in [7, 11) is 0. The Morgan fingerprint density at radius 3 is 2.92 bits per heavy atom. The number of ether oxygens (including phenoxy) is 1. The number of hydrogen-bond donors (Lipinski definition) is 3. The summed E-state index contributed by atoms with van der Waals surface area (Å²) >= 11 is 3.48. The summed E-state index contributed by atoms with van der Waals surface area (Å²) in [6, 6.07) is 3.71. The fourth-order valence-electron chi connectivity index (χ4n) is 2.75. The molecule has 4 rings (SSSR count). The molecule has 3 heterocycles. The molecule has 1 saturated carbocycles. The topological polar surface area (TPSA) is 91.9 Å². The number of halogens is 1. The van der Waals surface area contributed by atoms with Crippen LogP contribution in [0.5, 0.6) is 0 Å². The lowest BCUT2D eigenvalue weighted by molar-refractivity contribution is 0.0250. The number of rotatable bonds is 4. The molecule has 126 valence electrons. The van der Waals surface area contributed by atoms with Crippen LogP contribution in [0, 0.1) is 0 Å². The first-order valence-electron chi connectivity index (χ1n) is 8.06. The van der Waals surface area contributed by atoms with Crippen molar-refractivity contribution >= 4 is 27.5 Å². The zero-order valence-electron chi connectivity index (χ0n) is 13.0. The van der Waals surface area contributed by atoms with Crippen LogP contribution in [0.3, 0.4) is 0 Å². The van der Waals surface area contributed by atoms with E-state index in [1.807, 2.05) is 12.1 Å². The number of carbonyl (C=O) groups excluding carboxylic acids is 1. The SMILES string of the molecule is O=C(Nc1ccc([C@H]2CNCCO2)nc1)c1n[nH]c(C2CC2)c1Br. The maximum absolute atomic E-state index is 12.4. The highest BCUT2D eigenvalue weighted by Gasteiger charge is 2.30. The molecule has 1 amide bonds. The zero-order valence-corrected chi connectivity index (χ0v) is 14.6. The Labute approximate surface area is 147 Å². The number of carbonyl (C=O) groups is 1. The largest absolute Gasteiger partial charge is 0.369 e. The van der Waals surface area contributed by atoms with Gasteiger partial charge in [-0.3, -0.25) is 14.9 Å². The Balaban J connectivity index is 1.43. The Kier molecular flexibility index (Phi) is 4.34. The van der Waals surface area contributed by atoms with Crippen molar-refractivity contribution < 1.29 is 9.53 Å². The maximum atomic E-state index is 12.4. The fourth-order valence-corrected chi connectivity index (χ4v) is 3.43. The minimum Gasteiger partial charge on any atom is -0.369 e. The Bertz CT molecular complexity index is 735. The minimum atomic E-state index is -0.254. The van der Waals surface area contributed by atoms with Gasteiger partial charge in [0, 0.05) is 19.0 Å². The highest BCUT2D eigenvalue weighted by Crippen LogP contribution is 2.42. The average Bonchev–Trinajstić information content (AvgIpc) is 3.38. The second-order valence-electron chi connectivity index (χ2n) is 6.06. The molecule has 1 saturated heterocycles. The van der Waals surface area contributed by atoms with Crippen LogP contribution in [0.15, 0.2) is 22.8 Å². The van der Waals surface area contributed by atoms with Gasteiger partial charge in [0.25, 0.3) is 5.91 Å². The molecule has 1 aliphatic carbocycles. The number of nitrogens with one attached hydrogen (secondary N) is 3. The predicted molar refractivity (Wildman–Crippen MR) is 92.0 cm³/mol. The van der Waals surface area contributed by atoms with Crippen molar-refractivity contribution in [3.05, 3.63) is 39.9 Å². The Morgan fingerprint density at radius 1 is 1.38 bits per heavy atom. The molecular formula is C16H18BrN5O2. The molecule has 2 aromatic rings. The third-order valence-electron chi connectivity index (χ3n) is 4.23. The molecule has 2 fully saturated rings. The van der Waals surface area contributed by atoms with Gasteiger partial charge in [-0.1, -0.05) is 0 Å². The Morgan fingerprint density at radius 2 is 2.25 bits per heavy atom. The van der Waals surface area contributed by atoms with Gasteiger partial charge in [0.15, 0.2) is 5.69 Å². The molecule has 24 heavy (non-hydrogen) atoms. The van der Waals surface area contributed by atoms with E-state index in [4.69, 9.17) is 4.74 Å². The van der Waals surface area contributed by atoms with Crippen molar-refractivity contribution in [1.82, 2.24) is 20.5 Å². The van der Waals surface area contributed by atoms with E-state index in [1.54, 1.807) is 6.20 Å². The number of anilines is 1. The van der Waals surface area contributed by atoms with Crippen molar-refractivity contribution in [2.75, 3.05) is 25.0 Å². The standard InChI is InChI=1S/C16H18BrN5O2/c17-13-14(9-1-2-9)21-22-15(13)16(23)20-10-3-4-11(19-7-10)12-8-18-5-6-24-12/h3-4,7,9,12,18H,1-2,5-6,8H2,(H,20,23)(H,21,22)/t12-/m1/s1. The van der Waals surface area contributed by atoms with E-state index < -0.39 is 0 Å². The summed E-state index contributed by atoms with van der Waals surface area (Å²) in [6.07, 6.45) is 3.90. The monoisotopic (exact) mass is 391 g/mol. The van der Waals surface area contributed by atoms with Gasteiger partial charge in [-0.2, -0.15) is 5.10 Å². The summed E-state index contributed by atoms with van der Waals surface area (Å²) < 4.78 is 6.43. The minimum absolute atomic E-state index is 0.0370. The quantitative estimate of drug-likeness (QED) is 0.743. The highest BCUT2D eigenvalue weighted by atomic mass is 79.9. The molecule has 1 atom stereocenters. The van der Waals surface area contributed by atoms with Crippen LogP contribution in [0.25, 0.3) is 0 Å². The van der Waals surface area contributed by atoms with Crippen LogP contribution in [0.4, 0.5) is 5.69 Å². The van der Waals surface area contributed by atoms with Gasteiger partial charge in [0.2, 0.25) is 0 Å². The summed E-state index contributed by atoms with van der Waals surface area (Å²) in [5.41, 5.74) is 2.88. The Hall–Kier alpha value is -1.77. The van der Waals surface area contributed by atoms with Crippen LogP contribution in [-0.4, -0.2) is 40.8 Å². The zero-order chi connectivity index (χ0) is 16.5. The van der Waals surface area contributed by atoms with Crippen molar-refractivity contribution in [3.63, 3.8) is 0 Å². The van der Waals surface area contributed by atoms with E-state index in [-0.39, 0.29) is 12.0 Å². The summed E-state index contributed by atoms with van der Waals surface area (Å²) in [5.74, 6) is 0.244. The normalized spacial score (nSPS) is 20.8. The van der Waals surface area contributed by atoms with Crippen molar-refractivity contribution in [3.8, 4) is 0 Å². The van der Waals surface area contributed by atoms with Gasteiger partial charge in [0.05, 0.1) is 34.4 Å². The number of amides is 1. The first kappa shape index (κ1) is 15.7. The lowest BCUT2D eigenvalue weighted by Gasteiger charge is -2.23. The van der Waals surface area contributed by atoms with Gasteiger partial charge in [-0.15, -0.1) is 0 Å². The number of hydrogen-bond acceptors (Lipinski definition) is 5. The number of aromatic nitrogens is 3. The third kappa shape index (κ3) is 3.22. The molecule has 7 nitrogen and oxygen atoms in total. The molecule has 0 radical (unpaired) electrons. The molecule has 3 N–H and O–H groups in total. The van der Waals surface area contributed by atoms with Crippen molar-refractivity contribution in [2.24, 2.45) is 0 Å². The molecule has 0 bridgehead atoms. The lowest BCUT2D eigenvalue weighted by atomic mass is 10.2. The van der Waals surface area contributed by atoms with Gasteiger partial charge < -0.3 is 15.4 Å². The predicted octanol–water partition coefficient (Wildman–Crippen LogP) is 2.36. The molecule has 8 heteroatoms. The van der Waals surface area contributed by atoms with Crippen LogP contribution < -0.4 is 10.6 Å². The van der Waals surface area contributed by atoms with Gasteiger partial charge in [-0.25, -0.2) is 0 Å². The lowest BCUT2D eigenvalue weighted by Crippen LogP contribution is -2.33. The van der Waals surface area contributed by atoms with Crippen LogP contribution in [0.1, 0.15) is 46.7 Å². The van der Waals surface area contributed by atoms with Gasteiger partial charge >= 0.3 is 0 Å². The average molecular weight is 392 g/mol. The first-order valence-corrected chi connectivity index (χ1v) is 8.85. The molecule has 2 aliphatic rings. The summed E-state index contributed by atoms with van der Waals surface area (Å²) in [5, 5.41) is 13.2. The van der Waals surface area contributed by atoms with E-state index in [1.165, 1.54) is 0 Å². The number of pyridine rings is 1. The summed E-state index contributed by atoms with van der Waals surface area (Å²) in [6.45, 7) is 2.30. The second-order valence-corrected chi connectivity index (χ2v) is 6.86. The van der Waals surface area contributed by atoms with Gasteiger partial charge in [0.1, 0.15) is 6.10 Å². The third-order valence-corrected chi connectivity index (χ3v) is 5.04.